The van der Waals surface area contributed by atoms with Gasteiger partial charge < -0.3 is 15.8 Å². The van der Waals surface area contributed by atoms with E-state index in [0.717, 1.165) is 0 Å². The Hall–Kier alpha value is -1.69. The molecule has 1 atom stereocenters. The molecule has 88 valence electrons. The van der Waals surface area contributed by atoms with Gasteiger partial charge in [-0.25, -0.2) is 0 Å². The minimum Gasteiger partial charge on any atom is -0.382 e. The van der Waals surface area contributed by atoms with Gasteiger partial charge in [-0.2, -0.15) is 0 Å². The van der Waals surface area contributed by atoms with E-state index < -0.39 is 0 Å². The second-order valence-corrected chi connectivity index (χ2v) is 3.38. The minimum atomic E-state index is -0.278. The average Bonchev–Trinajstić information content (AvgIpc) is 2.27. The van der Waals surface area contributed by atoms with E-state index in [9.17, 15) is 4.79 Å². The number of rotatable bonds is 5. The van der Waals surface area contributed by atoms with Gasteiger partial charge in [0.05, 0.1) is 6.61 Å². The van der Waals surface area contributed by atoms with E-state index in [1.54, 1.807) is 0 Å². The van der Waals surface area contributed by atoms with E-state index in [-0.39, 0.29) is 17.6 Å². The second-order valence-electron chi connectivity index (χ2n) is 3.38. The van der Waals surface area contributed by atoms with Crippen LogP contribution in [-0.2, 0) is 4.74 Å². The number of hydrogen-bond acceptors (Lipinski definition) is 5. The van der Waals surface area contributed by atoms with Crippen molar-refractivity contribution in [1.82, 2.24) is 15.5 Å². The Morgan fingerprint density at radius 3 is 2.88 bits per heavy atom. The molecule has 0 aliphatic carbocycles. The number of anilines is 1. The monoisotopic (exact) mass is 224 g/mol. The predicted octanol–water partition coefficient (Wildman–Crippen LogP) is 0.214. The summed E-state index contributed by atoms with van der Waals surface area (Å²) < 4.78 is 5.18. The van der Waals surface area contributed by atoms with Gasteiger partial charge in [-0.15, -0.1) is 10.2 Å². The Labute approximate surface area is 94.2 Å². The van der Waals surface area contributed by atoms with Crippen molar-refractivity contribution in [2.75, 3.05) is 18.9 Å². The van der Waals surface area contributed by atoms with Crippen molar-refractivity contribution in [3.8, 4) is 0 Å². The third-order valence-electron chi connectivity index (χ3n) is 1.87. The third kappa shape index (κ3) is 3.82. The summed E-state index contributed by atoms with van der Waals surface area (Å²) in [7, 11) is 0. The fourth-order valence-corrected chi connectivity index (χ4v) is 1.10. The van der Waals surface area contributed by atoms with E-state index in [1.807, 2.05) is 13.8 Å². The van der Waals surface area contributed by atoms with Crippen molar-refractivity contribution >= 4 is 11.7 Å². The van der Waals surface area contributed by atoms with Crippen molar-refractivity contribution < 1.29 is 9.53 Å². The number of hydrogen-bond donors (Lipinski definition) is 2. The molecule has 6 nitrogen and oxygen atoms in total. The van der Waals surface area contributed by atoms with Crippen LogP contribution in [0.2, 0.25) is 0 Å². The lowest BCUT2D eigenvalue weighted by atomic mass is 10.3. The Kier molecular flexibility index (Phi) is 4.65. The maximum Gasteiger partial charge on any atom is 0.272 e. The van der Waals surface area contributed by atoms with Crippen molar-refractivity contribution in [3.63, 3.8) is 0 Å². The molecule has 1 aromatic heterocycles. The van der Waals surface area contributed by atoms with E-state index in [2.05, 4.69) is 15.5 Å². The highest BCUT2D eigenvalue weighted by molar-refractivity contribution is 5.92. The topological polar surface area (TPSA) is 90.1 Å². The molecule has 1 rings (SSSR count). The van der Waals surface area contributed by atoms with E-state index in [1.165, 1.54) is 12.1 Å². The zero-order chi connectivity index (χ0) is 12.0. The van der Waals surface area contributed by atoms with Gasteiger partial charge in [0.15, 0.2) is 5.69 Å². The summed E-state index contributed by atoms with van der Waals surface area (Å²) in [5, 5.41) is 10.0. The first-order chi connectivity index (χ1) is 7.63. The number of nitrogens with two attached hydrogens (primary N) is 1. The zero-order valence-corrected chi connectivity index (χ0v) is 9.43. The third-order valence-corrected chi connectivity index (χ3v) is 1.87. The van der Waals surface area contributed by atoms with Gasteiger partial charge in [0, 0.05) is 12.6 Å². The molecule has 0 aliphatic heterocycles. The molecular formula is C10H16N4O2. The first kappa shape index (κ1) is 12.4. The summed E-state index contributed by atoms with van der Waals surface area (Å²) in [5.41, 5.74) is 5.62. The number of nitrogen functional groups attached to an aromatic ring is 1. The molecule has 1 aromatic rings. The molecule has 6 heteroatoms. The van der Waals surface area contributed by atoms with E-state index >= 15 is 0 Å². The van der Waals surface area contributed by atoms with Crippen LogP contribution in [0.25, 0.3) is 0 Å². The molecule has 1 heterocycles. The van der Waals surface area contributed by atoms with Crippen molar-refractivity contribution in [1.29, 1.82) is 0 Å². The fraction of sp³-hybridized carbons (Fsp3) is 0.500. The number of aromatic nitrogens is 2. The molecule has 3 N–H and O–H groups in total. The van der Waals surface area contributed by atoms with Crippen LogP contribution in [0.5, 0.6) is 0 Å². The highest BCUT2D eigenvalue weighted by Gasteiger charge is 2.11. The van der Waals surface area contributed by atoms with Gasteiger partial charge in [0.25, 0.3) is 5.91 Å². The molecule has 1 amide bonds. The quantitative estimate of drug-likeness (QED) is 0.746. The molecule has 0 fully saturated rings. The SMILES string of the molecule is CCOCC(C)NC(=O)c1ccc(N)nn1. The smallest absolute Gasteiger partial charge is 0.272 e. The maximum atomic E-state index is 11.6. The van der Waals surface area contributed by atoms with Crippen LogP contribution in [0, 0.1) is 0 Å². The van der Waals surface area contributed by atoms with Gasteiger partial charge in [0.2, 0.25) is 0 Å². The highest BCUT2D eigenvalue weighted by atomic mass is 16.5. The summed E-state index contributed by atoms with van der Waals surface area (Å²) in [6, 6.07) is 3.01. The summed E-state index contributed by atoms with van der Waals surface area (Å²) in [5.74, 6) is 0.0126. The number of nitrogens with zero attached hydrogens (tertiary/aromatic N) is 2. The average molecular weight is 224 g/mol. The first-order valence-electron chi connectivity index (χ1n) is 5.11. The van der Waals surface area contributed by atoms with Gasteiger partial charge in [0.1, 0.15) is 5.82 Å². The molecule has 0 saturated carbocycles. The Balaban J connectivity index is 2.48. The van der Waals surface area contributed by atoms with Crippen LogP contribution in [0.3, 0.4) is 0 Å². The van der Waals surface area contributed by atoms with Gasteiger partial charge >= 0.3 is 0 Å². The van der Waals surface area contributed by atoms with E-state index in [4.69, 9.17) is 10.5 Å². The number of ether oxygens (including phenoxy) is 1. The van der Waals surface area contributed by atoms with Crippen LogP contribution in [0.4, 0.5) is 5.82 Å². The number of carbonyl (C=O) groups is 1. The summed E-state index contributed by atoms with van der Waals surface area (Å²) in [6.07, 6.45) is 0. The molecule has 16 heavy (non-hydrogen) atoms. The highest BCUT2D eigenvalue weighted by Crippen LogP contribution is 1.97. The zero-order valence-electron chi connectivity index (χ0n) is 9.43. The molecule has 0 aromatic carbocycles. The number of nitrogens with one attached hydrogen (secondary N) is 1. The van der Waals surface area contributed by atoms with Gasteiger partial charge in [-0.1, -0.05) is 0 Å². The minimum absolute atomic E-state index is 0.0631. The molecule has 0 aliphatic rings. The normalized spacial score (nSPS) is 12.1. The molecule has 0 saturated heterocycles. The molecule has 0 bridgehead atoms. The van der Waals surface area contributed by atoms with Crippen LogP contribution in [0.15, 0.2) is 12.1 Å². The number of amides is 1. The van der Waals surface area contributed by atoms with Crippen LogP contribution in [0.1, 0.15) is 24.3 Å². The van der Waals surface area contributed by atoms with Gasteiger partial charge in [-0.05, 0) is 26.0 Å². The Morgan fingerprint density at radius 2 is 2.31 bits per heavy atom. The first-order valence-corrected chi connectivity index (χ1v) is 5.11. The Morgan fingerprint density at radius 1 is 1.56 bits per heavy atom. The van der Waals surface area contributed by atoms with Crippen molar-refractivity contribution in [2.45, 2.75) is 19.9 Å². The predicted molar refractivity (Wildman–Crippen MR) is 59.9 cm³/mol. The van der Waals surface area contributed by atoms with Crippen LogP contribution >= 0.6 is 0 Å². The molecule has 0 spiro atoms. The number of carbonyl (C=O) groups excluding carboxylic acids is 1. The van der Waals surface area contributed by atoms with Crippen LogP contribution < -0.4 is 11.1 Å². The van der Waals surface area contributed by atoms with Gasteiger partial charge in [-0.3, -0.25) is 4.79 Å². The lowest BCUT2D eigenvalue weighted by Crippen LogP contribution is -2.36. The summed E-state index contributed by atoms with van der Waals surface area (Å²) >= 11 is 0. The molecule has 0 radical (unpaired) electrons. The Bertz CT molecular complexity index is 339. The van der Waals surface area contributed by atoms with Crippen LogP contribution in [-0.4, -0.2) is 35.4 Å². The molecule has 1 unspecified atom stereocenters. The van der Waals surface area contributed by atoms with Crippen molar-refractivity contribution in [2.24, 2.45) is 0 Å². The summed E-state index contributed by atoms with van der Waals surface area (Å²) in [6.45, 7) is 4.87. The van der Waals surface area contributed by atoms with E-state index in [0.29, 0.717) is 19.0 Å². The summed E-state index contributed by atoms with van der Waals surface area (Å²) in [4.78, 5) is 11.6. The lowest BCUT2D eigenvalue weighted by Gasteiger charge is -2.12. The second kappa shape index (κ2) is 6.02. The lowest BCUT2D eigenvalue weighted by molar-refractivity contribution is 0.0866. The van der Waals surface area contributed by atoms with Crippen molar-refractivity contribution in [3.05, 3.63) is 17.8 Å². The fourth-order valence-electron chi connectivity index (χ4n) is 1.10. The standard InChI is InChI=1S/C10H16N4O2/c1-3-16-6-7(2)12-10(15)8-4-5-9(11)14-13-8/h4-5,7H,3,6H2,1-2H3,(H2,11,14)(H,12,15). The largest absolute Gasteiger partial charge is 0.382 e. The molecular weight excluding hydrogens is 208 g/mol. The maximum absolute atomic E-state index is 11.6.